The molecule has 1 fully saturated rings. The zero-order valence-corrected chi connectivity index (χ0v) is 16.8. The molecule has 2 N–H and O–H groups in total. The van der Waals surface area contributed by atoms with E-state index in [1.165, 1.54) is 0 Å². The Hall–Kier alpha value is -3.23. The number of hydrogen-bond donors (Lipinski definition) is 2. The van der Waals surface area contributed by atoms with E-state index in [4.69, 9.17) is 4.74 Å². The molecule has 3 aliphatic rings. The molecule has 0 bridgehead atoms. The first kappa shape index (κ1) is 18.8. The van der Waals surface area contributed by atoms with E-state index < -0.39 is 6.09 Å². The second-order valence-electron chi connectivity index (χ2n) is 8.01. The lowest BCUT2D eigenvalue weighted by Gasteiger charge is -2.26. The fourth-order valence-electron chi connectivity index (χ4n) is 4.73. The van der Waals surface area contributed by atoms with Crippen molar-refractivity contribution in [1.82, 2.24) is 30.4 Å². The SMILES string of the molecule is CC[C@@H]1C[C@H](OC(=O)NCc2cccnc2)C[C@@H]1c1nnc2n1C1C=CNC1N=C2. The molecule has 0 aromatic carbocycles. The first-order valence-corrected chi connectivity index (χ1v) is 10.5. The number of aliphatic imine (C=N–C) groups is 1. The van der Waals surface area contributed by atoms with Gasteiger partial charge in [-0.05, 0) is 42.7 Å². The monoisotopic (exact) mass is 407 g/mol. The zero-order valence-electron chi connectivity index (χ0n) is 16.8. The van der Waals surface area contributed by atoms with Gasteiger partial charge in [0.05, 0.1) is 12.3 Å². The van der Waals surface area contributed by atoms with Crippen LogP contribution >= 0.6 is 0 Å². The van der Waals surface area contributed by atoms with Crippen LogP contribution in [0.1, 0.15) is 55.4 Å². The lowest BCUT2D eigenvalue weighted by atomic mass is 9.92. The van der Waals surface area contributed by atoms with Gasteiger partial charge in [0, 0.05) is 24.9 Å². The molecule has 9 heteroatoms. The predicted molar refractivity (Wildman–Crippen MR) is 110 cm³/mol. The number of pyridine rings is 1. The summed E-state index contributed by atoms with van der Waals surface area (Å²) in [6, 6.07) is 3.86. The minimum Gasteiger partial charge on any atom is -0.446 e. The van der Waals surface area contributed by atoms with Crippen molar-refractivity contribution >= 4 is 12.3 Å². The number of rotatable bonds is 5. The smallest absolute Gasteiger partial charge is 0.407 e. The molecule has 30 heavy (non-hydrogen) atoms. The Morgan fingerprint density at radius 1 is 1.37 bits per heavy atom. The van der Waals surface area contributed by atoms with Crippen LogP contribution in [0.3, 0.4) is 0 Å². The lowest BCUT2D eigenvalue weighted by Crippen LogP contribution is -2.33. The van der Waals surface area contributed by atoms with Crippen molar-refractivity contribution in [2.75, 3.05) is 0 Å². The molecule has 2 unspecified atom stereocenters. The van der Waals surface area contributed by atoms with E-state index in [0.717, 1.165) is 36.5 Å². The van der Waals surface area contributed by atoms with E-state index in [0.29, 0.717) is 12.5 Å². The molecule has 156 valence electrons. The van der Waals surface area contributed by atoms with E-state index in [2.05, 4.69) is 48.4 Å². The number of fused-ring (bicyclic) bond motifs is 3. The Bertz CT molecular complexity index is 971. The van der Waals surface area contributed by atoms with Crippen LogP contribution in [0.2, 0.25) is 0 Å². The van der Waals surface area contributed by atoms with Gasteiger partial charge < -0.3 is 15.4 Å². The van der Waals surface area contributed by atoms with Gasteiger partial charge in [-0.3, -0.25) is 14.5 Å². The maximum atomic E-state index is 12.3. The summed E-state index contributed by atoms with van der Waals surface area (Å²) in [4.78, 5) is 20.9. The van der Waals surface area contributed by atoms with Gasteiger partial charge in [0.2, 0.25) is 0 Å². The summed E-state index contributed by atoms with van der Waals surface area (Å²) in [5, 5.41) is 15.0. The van der Waals surface area contributed by atoms with Crippen molar-refractivity contribution in [2.45, 2.75) is 57.0 Å². The van der Waals surface area contributed by atoms with Crippen LogP contribution in [0.5, 0.6) is 0 Å². The van der Waals surface area contributed by atoms with Crippen LogP contribution in [-0.2, 0) is 11.3 Å². The number of aromatic nitrogens is 4. The van der Waals surface area contributed by atoms with Gasteiger partial charge in [-0.1, -0.05) is 19.4 Å². The minimum absolute atomic E-state index is 0.000898. The van der Waals surface area contributed by atoms with Crippen LogP contribution in [0.4, 0.5) is 4.79 Å². The third kappa shape index (κ3) is 3.44. The molecule has 2 aliphatic heterocycles. The van der Waals surface area contributed by atoms with Gasteiger partial charge in [0.25, 0.3) is 0 Å². The summed E-state index contributed by atoms with van der Waals surface area (Å²) in [6.45, 7) is 2.58. The lowest BCUT2D eigenvalue weighted by molar-refractivity contribution is 0.0976. The molecule has 0 radical (unpaired) electrons. The Morgan fingerprint density at radius 2 is 2.30 bits per heavy atom. The van der Waals surface area contributed by atoms with Gasteiger partial charge >= 0.3 is 6.09 Å². The normalized spacial score (nSPS) is 28.6. The fourth-order valence-corrected chi connectivity index (χ4v) is 4.73. The summed E-state index contributed by atoms with van der Waals surface area (Å²) in [5.74, 6) is 2.35. The molecule has 2 aromatic heterocycles. The molecule has 9 nitrogen and oxygen atoms in total. The Kier molecular flexibility index (Phi) is 4.94. The third-order valence-electron chi connectivity index (χ3n) is 6.22. The average Bonchev–Trinajstić information content (AvgIpc) is 3.49. The van der Waals surface area contributed by atoms with E-state index in [9.17, 15) is 4.79 Å². The minimum atomic E-state index is -0.391. The highest BCUT2D eigenvalue weighted by atomic mass is 16.6. The zero-order chi connectivity index (χ0) is 20.5. The molecule has 5 rings (SSSR count). The van der Waals surface area contributed by atoms with Crippen molar-refractivity contribution in [3.8, 4) is 0 Å². The van der Waals surface area contributed by atoms with Crippen LogP contribution in [-0.4, -0.2) is 44.3 Å². The van der Waals surface area contributed by atoms with Gasteiger partial charge in [-0.15, -0.1) is 10.2 Å². The second kappa shape index (κ2) is 7.89. The van der Waals surface area contributed by atoms with Crippen LogP contribution in [0.25, 0.3) is 0 Å². The summed E-state index contributed by atoms with van der Waals surface area (Å²) >= 11 is 0. The number of nitrogens with one attached hydrogen (secondary N) is 2. The maximum Gasteiger partial charge on any atom is 0.407 e. The topological polar surface area (TPSA) is 106 Å². The summed E-state index contributed by atoms with van der Waals surface area (Å²) in [7, 11) is 0. The Labute approximate surface area is 174 Å². The van der Waals surface area contributed by atoms with E-state index >= 15 is 0 Å². The van der Waals surface area contributed by atoms with Crippen molar-refractivity contribution < 1.29 is 9.53 Å². The summed E-state index contributed by atoms with van der Waals surface area (Å²) in [5.41, 5.74) is 0.940. The van der Waals surface area contributed by atoms with Gasteiger partial charge in [0.15, 0.2) is 5.82 Å². The molecule has 1 amide bonds. The third-order valence-corrected chi connectivity index (χ3v) is 6.22. The fraction of sp³-hybridized carbons (Fsp3) is 0.476. The molecule has 0 saturated heterocycles. The molecule has 0 spiro atoms. The van der Waals surface area contributed by atoms with Gasteiger partial charge in [0.1, 0.15) is 18.1 Å². The predicted octanol–water partition coefficient (Wildman–Crippen LogP) is 2.29. The highest BCUT2D eigenvalue weighted by molar-refractivity contribution is 5.76. The number of hydrogen-bond acceptors (Lipinski definition) is 7. The van der Waals surface area contributed by atoms with Gasteiger partial charge in [-0.25, -0.2) is 4.79 Å². The van der Waals surface area contributed by atoms with Crippen LogP contribution < -0.4 is 10.6 Å². The largest absolute Gasteiger partial charge is 0.446 e. The molecule has 1 saturated carbocycles. The molecular formula is C21H25N7O2. The van der Waals surface area contributed by atoms with E-state index in [1.54, 1.807) is 18.6 Å². The summed E-state index contributed by atoms with van der Waals surface area (Å²) in [6.07, 6.45) is 11.3. The van der Waals surface area contributed by atoms with E-state index in [-0.39, 0.29) is 24.2 Å². The van der Waals surface area contributed by atoms with Crippen LogP contribution in [0.15, 0.2) is 41.8 Å². The maximum absolute atomic E-state index is 12.3. The number of carbonyl (C=O) groups is 1. The standard InChI is InChI=1S/C21H25N7O2/c1-2-14-8-15(30-21(29)25-11-13-4-3-6-22-10-13)9-16(14)20-27-26-18-12-24-19-17(28(18)20)5-7-23-19/h3-7,10,12,14-17,19,23H,2,8-9,11H2,1H3,(H,25,29)/t14-,15+,16+,17?,19?/m1/s1. The van der Waals surface area contributed by atoms with E-state index in [1.807, 2.05) is 18.3 Å². The first-order valence-electron chi connectivity index (χ1n) is 10.5. The number of ether oxygens (including phenoxy) is 1. The number of alkyl carbamates (subject to hydrolysis) is 1. The molecule has 5 atom stereocenters. The number of carbonyl (C=O) groups excluding carboxylic acids is 1. The van der Waals surface area contributed by atoms with Crippen molar-refractivity contribution in [2.24, 2.45) is 10.9 Å². The van der Waals surface area contributed by atoms with Gasteiger partial charge in [-0.2, -0.15) is 0 Å². The average molecular weight is 407 g/mol. The Balaban J connectivity index is 1.27. The molecule has 4 heterocycles. The number of amides is 1. The van der Waals surface area contributed by atoms with Crippen LogP contribution in [0, 0.1) is 5.92 Å². The first-order chi connectivity index (χ1) is 14.7. The summed E-state index contributed by atoms with van der Waals surface area (Å²) < 4.78 is 7.93. The quantitative estimate of drug-likeness (QED) is 0.788. The van der Waals surface area contributed by atoms with Crippen molar-refractivity contribution in [3.05, 3.63) is 54.0 Å². The molecule has 1 aliphatic carbocycles. The molecular weight excluding hydrogens is 382 g/mol. The highest BCUT2D eigenvalue weighted by Gasteiger charge is 2.41. The van der Waals surface area contributed by atoms with Crippen molar-refractivity contribution in [3.63, 3.8) is 0 Å². The van der Waals surface area contributed by atoms with Crippen molar-refractivity contribution in [1.29, 1.82) is 0 Å². The Morgan fingerprint density at radius 3 is 3.13 bits per heavy atom. The molecule has 2 aromatic rings. The highest BCUT2D eigenvalue weighted by Crippen LogP contribution is 2.43. The number of nitrogens with zero attached hydrogens (tertiary/aromatic N) is 5. The second-order valence-corrected chi connectivity index (χ2v) is 8.01.